The molecule has 0 amide bonds. The summed E-state index contributed by atoms with van der Waals surface area (Å²) in [7, 11) is 0. The smallest absolute Gasteiger partial charge is 0.0663 e. The van der Waals surface area contributed by atoms with Gasteiger partial charge in [-0.1, -0.05) is 6.08 Å². The molecule has 72 valence electrons. The van der Waals surface area contributed by atoms with Crippen LogP contribution in [0.3, 0.4) is 0 Å². The van der Waals surface area contributed by atoms with Crippen LogP contribution in [0.25, 0.3) is 0 Å². The van der Waals surface area contributed by atoms with Crippen molar-refractivity contribution < 1.29 is 0 Å². The molecule has 13 heavy (non-hydrogen) atoms. The molecule has 1 aromatic heterocycles. The van der Waals surface area contributed by atoms with Gasteiger partial charge in [-0.05, 0) is 19.4 Å². The fraction of sp³-hybridized carbons (Fsp3) is 0.444. The van der Waals surface area contributed by atoms with E-state index in [1.807, 2.05) is 16.8 Å². The predicted octanol–water partition coefficient (Wildman–Crippen LogP) is 0.984. The van der Waals surface area contributed by atoms with Crippen LogP contribution in [-0.4, -0.2) is 9.78 Å². The van der Waals surface area contributed by atoms with Crippen LogP contribution in [0.1, 0.15) is 25.1 Å². The first-order chi connectivity index (χ1) is 6.33. The lowest BCUT2D eigenvalue weighted by atomic mass is 10.1. The molecule has 1 rings (SSSR count). The molecule has 1 aromatic rings. The highest BCUT2D eigenvalue weighted by Gasteiger charge is 2.11. The average Bonchev–Trinajstić information content (AvgIpc) is 2.61. The highest BCUT2D eigenvalue weighted by atomic mass is 15.3. The molecule has 0 aliphatic heterocycles. The largest absolute Gasteiger partial charge is 0.271 e. The van der Waals surface area contributed by atoms with Gasteiger partial charge in [-0.3, -0.25) is 16.0 Å². The average molecular weight is 180 g/mol. The van der Waals surface area contributed by atoms with E-state index in [1.165, 1.54) is 0 Å². The molecule has 0 saturated heterocycles. The maximum Gasteiger partial charge on any atom is 0.0663 e. The van der Waals surface area contributed by atoms with E-state index in [-0.39, 0.29) is 6.04 Å². The monoisotopic (exact) mass is 180 g/mol. The molecule has 3 N–H and O–H groups in total. The third-order valence-electron chi connectivity index (χ3n) is 2.01. The van der Waals surface area contributed by atoms with Gasteiger partial charge < -0.3 is 0 Å². The number of hydrogen-bond acceptors (Lipinski definition) is 3. The van der Waals surface area contributed by atoms with Crippen molar-refractivity contribution in [3.63, 3.8) is 0 Å². The first-order valence-corrected chi connectivity index (χ1v) is 4.42. The van der Waals surface area contributed by atoms with E-state index >= 15 is 0 Å². The van der Waals surface area contributed by atoms with Crippen LogP contribution in [0.2, 0.25) is 0 Å². The van der Waals surface area contributed by atoms with Crippen LogP contribution < -0.4 is 11.3 Å². The molecule has 0 aromatic carbocycles. The molecule has 0 bridgehead atoms. The molecule has 4 nitrogen and oxygen atoms in total. The van der Waals surface area contributed by atoms with Crippen molar-refractivity contribution in [3.05, 3.63) is 30.6 Å². The SMILES string of the molecule is C=CCC(NN)c1ccnn1CC. The van der Waals surface area contributed by atoms with Crippen molar-refractivity contribution >= 4 is 0 Å². The van der Waals surface area contributed by atoms with E-state index in [0.29, 0.717) is 0 Å². The maximum atomic E-state index is 5.43. The van der Waals surface area contributed by atoms with Crippen LogP contribution in [0, 0.1) is 0 Å². The van der Waals surface area contributed by atoms with Crippen molar-refractivity contribution in [2.24, 2.45) is 5.84 Å². The zero-order chi connectivity index (χ0) is 9.68. The fourth-order valence-electron chi connectivity index (χ4n) is 1.34. The molecule has 0 aliphatic carbocycles. The minimum absolute atomic E-state index is 0.111. The Morgan fingerprint density at radius 1 is 1.85 bits per heavy atom. The van der Waals surface area contributed by atoms with E-state index in [0.717, 1.165) is 18.7 Å². The van der Waals surface area contributed by atoms with Gasteiger partial charge in [0.1, 0.15) is 0 Å². The molecule has 1 atom stereocenters. The highest BCUT2D eigenvalue weighted by Crippen LogP contribution is 2.15. The molecule has 1 unspecified atom stereocenters. The van der Waals surface area contributed by atoms with E-state index in [4.69, 9.17) is 5.84 Å². The summed E-state index contributed by atoms with van der Waals surface area (Å²) in [6.07, 6.45) is 4.44. The van der Waals surface area contributed by atoms with Crippen LogP contribution in [-0.2, 0) is 6.54 Å². The number of nitrogens with zero attached hydrogens (tertiary/aromatic N) is 2. The second kappa shape index (κ2) is 4.79. The second-order valence-corrected chi connectivity index (χ2v) is 2.82. The van der Waals surface area contributed by atoms with Crippen LogP contribution in [0.15, 0.2) is 24.9 Å². The van der Waals surface area contributed by atoms with Gasteiger partial charge in [-0.2, -0.15) is 5.10 Å². The Bertz CT molecular complexity index is 266. The highest BCUT2D eigenvalue weighted by molar-refractivity contribution is 5.07. The Kier molecular flexibility index (Phi) is 3.67. The zero-order valence-electron chi connectivity index (χ0n) is 7.90. The van der Waals surface area contributed by atoms with E-state index in [1.54, 1.807) is 6.20 Å². The summed E-state index contributed by atoms with van der Waals surface area (Å²) in [5.41, 5.74) is 3.85. The molecule has 0 fully saturated rings. The molecule has 1 heterocycles. The number of nitrogens with two attached hydrogens (primary N) is 1. The Morgan fingerprint density at radius 3 is 3.15 bits per heavy atom. The normalized spacial score (nSPS) is 12.8. The predicted molar refractivity (Wildman–Crippen MR) is 52.8 cm³/mol. The third-order valence-corrected chi connectivity index (χ3v) is 2.01. The molecule has 0 spiro atoms. The van der Waals surface area contributed by atoms with Crippen LogP contribution >= 0.6 is 0 Å². The van der Waals surface area contributed by atoms with Gasteiger partial charge in [0, 0.05) is 12.7 Å². The summed E-state index contributed by atoms with van der Waals surface area (Å²) in [6, 6.07) is 2.08. The van der Waals surface area contributed by atoms with Gasteiger partial charge in [0.05, 0.1) is 11.7 Å². The number of aromatic nitrogens is 2. The van der Waals surface area contributed by atoms with E-state index in [9.17, 15) is 0 Å². The minimum Gasteiger partial charge on any atom is -0.271 e. The lowest BCUT2D eigenvalue weighted by molar-refractivity contribution is 0.497. The number of rotatable bonds is 5. The number of aryl methyl sites for hydroxylation is 1. The number of hydrogen-bond donors (Lipinski definition) is 2. The van der Waals surface area contributed by atoms with Crippen molar-refractivity contribution in [2.75, 3.05) is 0 Å². The molecule has 0 aliphatic rings. The summed E-state index contributed by atoms with van der Waals surface area (Å²) in [6.45, 7) is 6.60. The van der Waals surface area contributed by atoms with Crippen molar-refractivity contribution in [1.82, 2.24) is 15.2 Å². The lowest BCUT2D eigenvalue weighted by Gasteiger charge is -2.14. The molecular weight excluding hydrogens is 164 g/mol. The number of hydrazine groups is 1. The number of nitrogens with one attached hydrogen (secondary N) is 1. The summed E-state index contributed by atoms with van der Waals surface area (Å²) < 4.78 is 1.92. The Balaban J connectivity index is 2.82. The molecule has 0 radical (unpaired) electrons. The van der Waals surface area contributed by atoms with Crippen molar-refractivity contribution in [1.29, 1.82) is 0 Å². The molecule has 0 saturated carbocycles. The van der Waals surface area contributed by atoms with Gasteiger partial charge in [0.2, 0.25) is 0 Å². The Morgan fingerprint density at radius 2 is 2.62 bits per heavy atom. The van der Waals surface area contributed by atoms with Crippen molar-refractivity contribution in [2.45, 2.75) is 25.9 Å². The van der Waals surface area contributed by atoms with Crippen molar-refractivity contribution in [3.8, 4) is 0 Å². The van der Waals surface area contributed by atoms with Gasteiger partial charge >= 0.3 is 0 Å². The topological polar surface area (TPSA) is 55.9 Å². The Labute approximate surface area is 78.4 Å². The molecular formula is C9H16N4. The first-order valence-electron chi connectivity index (χ1n) is 4.42. The first kappa shape index (κ1) is 9.95. The van der Waals surface area contributed by atoms with Gasteiger partial charge in [-0.15, -0.1) is 6.58 Å². The second-order valence-electron chi connectivity index (χ2n) is 2.82. The molecule has 4 heteroatoms. The summed E-state index contributed by atoms with van der Waals surface area (Å²) >= 11 is 0. The summed E-state index contributed by atoms with van der Waals surface area (Å²) in [5.74, 6) is 5.43. The zero-order valence-corrected chi connectivity index (χ0v) is 7.90. The van der Waals surface area contributed by atoms with E-state index in [2.05, 4.69) is 24.0 Å². The van der Waals surface area contributed by atoms with Gasteiger partial charge in [-0.25, -0.2) is 0 Å². The standard InChI is InChI=1S/C9H16N4/c1-3-5-8(12-10)9-6-7-11-13(9)4-2/h3,6-8,12H,1,4-5,10H2,2H3. The van der Waals surface area contributed by atoms with Gasteiger partial charge in [0.25, 0.3) is 0 Å². The van der Waals surface area contributed by atoms with Crippen LogP contribution in [0.5, 0.6) is 0 Å². The summed E-state index contributed by atoms with van der Waals surface area (Å²) in [5, 5.41) is 4.17. The summed E-state index contributed by atoms with van der Waals surface area (Å²) in [4.78, 5) is 0. The van der Waals surface area contributed by atoms with Gasteiger partial charge in [0.15, 0.2) is 0 Å². The Hall–Kier alpha value is -1.13. The minimum atomic E-state index is 0.111. The van der Waals surface area contributed by atoms with E-state index < -0.39 is 0 Å². The lowest BCUT2D eigenvalue weighted by Crippen LogP contribution is -2.29. The third kappa shape index (κ3) is 2.17. The fourth-order valence-corrected chi connectivity index (χ4v) is 1.34. The maximum absolute atomic E-state index is 5.43. The quantitative estimate of drug-likeness (QED) is 0.403. The van der Waals surface area contributed by atoms with Crippen LogP contribution in [0.4, 0.5) is 0 Å².